The van der Waals surface area contributed by atoms with Crippen molar-refractivity contribution < 1.29 is 4.79 Å². The Kier molecular flexibility index (Phi) is 6.49. The quantitative estimate of drug-likeness (QED) is 0.731. The van der Waals surface area contributed by atoms with Crippen LogP contribution in [0.4, 0.5) is 4.79 Å². The first-order chi connectivity index (χ1) is 8.24. The Morgan fingerprint density at radius 1 is 1.24 bits per heavy atom. The van der Waals surface area contributed by atoms with E-state index in [1.54, 1.807) is 19.0 Å². The van der Waals surface area contributed by atoms with Crippen LogP contribution in [0.25, 0.3) is 0 Å². The first kappa shape index (κ1) is 13.9. The normalized spacial score (nSPS) is 16.6. The van der Waals surface area contributed by atoms with Crippen LogP contribution in [-0.2, 0) is 0 Å². The van der Waals surface area contributed by atoms with Gasteiger partial charge in [0.15, 0.2) is 0 Å². The molecule has 4 nitrogen and oxygen atoms in total. The highest BCUT2D eigenvalue weighted by Gasteiger charge is 2.06. The first-order valence-electron chi connectivity index (χ1n) is 6.35. The molecule has 0 aromatic heterocycles. The van der Waals surface area contributed by atoms with Gasteiger partial charge in [0.1, 0.15) is 0 Å². The molecule has 1 N–H and O–H groups in total. The summed E-state index contributed by atoms with van der Waals surface area (Å²) in [5, 5.41) is 2.57. The lowest BCUT2D eigenvalue weighted by molar-refractivity contribution is 0.216. The Bertz CT molecular complexity index is 285. The predicted molar refractivity (Wildman–Crippen MR) is 69.8 cm³/mol. The van der Waals surface area contributed by atoms with Crippen LogP contribution in [0.15, 0.2) is 0 Å². The Labute approximate surface area is 104 Å². The SMILES string of the molecule is CNC(=O)N(C)CC#CCN1CCCCCC1. The third-order valence-electron chi connectivity index (χ3n) is 3.00. The number of nitrogens with one attached hydrogen (secondary N) is 1. The van der Waals surface area contributed by atoms with Crippen molar-refractivity contribution in [3.8, 4) is 11.8 Å². The zero-order valence-corrected chi connectivity index (χ0v) is 11.0. The zero-order chi connectivity index (χ0) is 12.5. The van der Waals surface area contributed by atoms with Gasteiger partial charge in [-0.05, 0) is 25.9 Å². The van der Waals surface area contributed by atoms with Gasteiger partial charge >= 0.3 is 6.03 Å². The average molecular weight is 237 g/mol. The van der Waals surface area contributed by atoms with E-state index in [0.717, 1.165) is 6.54 Å². The number of amides is 2. The van der Waals surface area contributed by atoms with Gasteiger partial charge in [0.05, 0.1) is 13.1 Å². The molecule has 4 heteroatoms. The second kappa shape index (κ2) is 7.97. The summed E-state index contributed by atoms with van der Waals surface area (Å²) in [6, 6.07) is -0.0888. The summed E-state index contributed by atoms with van der Waals surface area (Å²) in [6.07, 6.45) is 5.28. The van der Waals surface area contributed by atoms with E-state index in [2.05, 4.69) is 22.1 Å². The summed E-state index contributed by atoms with van der Waals surface area (Å²) in [4.78, 5) is 15.2. The van der Waals surface area contributed by atoms with Crippen LogP contribution in [0.5, 0.6) is 0 Å². The molecule has 0 aliphatic carbocycles. The van der Waals surface area contributed by atoms with Crippen molar-refractivity contribution in [3.63, 3.8) is 0 Å². The molecule has 1 aliphatic heterocycles. The van der Waals surface area contributed by atoms with Gasteiger partial charge in [0.25, 0.3) is 0 Å². The number of likely N-dealkylation sites (tertiary alicyclic amines) is 1. The van der Waals surface area contributed by atoms with Crippen LogP contribution >= 0.6 is 0 Å². The summed E-state index contributed by atoms with van der Waals surface area (Å²) in [5.74, 6) is 6.19. The maximum Gasteiger partial charge on any atom is 0.317 e. The van der Waals surface area contributed by atoms with E-state index in [1.807, 2.05) is 0 Å². The summed E-state index contributed by atoms with van der Waals surface area (Å²) >= 11 is 0. The van der Waals surface area contributed by atoms with E-state index in [4.69, 9.17) is 0 Å². The highest BCUT2D eigenvalue weighted by molar-refractivity contribution is 5.73. The highest BCUT2D eigenvalue weighted by Crippen LogP contribution is 2.08. The van der Waals surface area contributed by atoms with Gasteiger partial charge in [0.2, 0.25) is 0 Å². The molecular formula is C13H23N3O. The number of urea groups is 1. The largest absolute Gasteiger partial charge is 0.341 e. The number of hydrogen-bond acceptors (Lipinski definition) is 2. The molecule has 0 atom stereocenters. The van der Waals surface area contributed by atoms with E-state index in [1.165, 1.54) is 38.8 Å². The Hall–Kier alpha value is -1.21. The van der Waals surface area contributed by atoms with E-state index >= 15 is 0 Å². The molecule has 17 heavy (non-hydrogen) atoms. The third-order valence-corrected chi connectivity index (χ3v) is 3.00. The molecular weight excluding hydrogens is 214 g/mol. The van der Waals surface area contributed by atoms with Gasteiger partial charge < -0.3 is 10.2 Å². The zero-order valence-electron chi connectivity index (χ0n) is 11.0. The molecule has 1 heterocycles. The molecule has 2 amide bonds. The molecule has 0 bridgehead atoms. The number of carbonyl (C=O) groups excluding carboxylic acids is 1. The van der Waals surface area contributed by atoms with Crippen LogP contribution in [0.2, 0.25) is 0 Å². The van der Waals surface area contributed by atoms with Crippen molar-refractivity contribution in [1.29, 1.82) is 0 Å². The number of carbonyl (C=O) groups is 1. The van der Waals surface area contributed by atoms with Crippen LogP contribution < -0.4 is 5.32 Å². The maximum absolute atomic E-state index is 11.2. The molecule has 0 aromatic carbocycles. The van der Waals surface area contributed by atoms with Crippen molar-refractivity contribution in [1.82, 2.24) is 15.1 Å². The fourth-order valence-corrected chi connectivity index (χ4v) is 1.90. The second-order valence-corrected chi connectivity index (χ2v) is 4.46. The minimum Gasteiger partial charge on any atom is -0.341 e. The second-order valence-electron chi connectivity index (χ2n) is 4.46. The monoisotopic (exact) mass is 237 g/mol. The fraction of sp³-hybridized carbons (Fsp3) is 0.769. The van der Waals surface area contributed by atoms with Crippen molar-refractivity contribution in [3.05, 3.63) is 0 Å². The molecule has 0 aromatic rings. The van der Waals surface area contributed by atoms with Gasteiger partial charge in [-0.25, -0.2) is 4.79 Å². The molecule has 1 aliphatic rings. The van der Waals surface area contributed by atoms with E-state index in [0.29, 0.717) is 6.54 Å². The van der Waals surface area contributed by atoms with Gasteiger partial charge in [-0.15, -0.1) is 0 Å². The average Bonchev–Trinajstić information content (AvgIpc) is 2.61. The minimum absolute atomic E-state index is 0.0888. The van der Waals surface area contributed by atoms with Crippen LogP contribution in [0, 0.1) is 11.8 Å². The molecule has 96 valence electrons. The Morgan fingerprint density at radius 2 is 1.88 bits per heavy atom. The Morgan fingerprint density at radius 3 is 2.47 bits per heavy atom. The van der Waals surface area contributed by atoms with Crippen LogP contribution in [0.1, 0.15) is 25.7 Å². The van der Waals surface area contributed by atoms with Crippen LogP contribution in [-0.4, -0.2) is 56.1 Å². The molecule has 0 unspecified atom stereocenters. The summed E-state index contributed by atoms with van der Waals surface area (Å²) in [6.45, 7) is 3.66. The van der Waals surface area contributed by atoms with Crippen molar-refractivity contribution in [2.24, 2.45) is 0 Å². The summed E-state index contributed by atoms with van der Waals surface area (Å²) < 4.78 is 0. The fourth-order valence-electron chi connectivity index (χ4n) is 1.90. The van der Waals surface area contributed by atoms with Crippen molar-refractivity contribution in [2.75, 3.05) is 40.3 Å². The molecule has 0 radical (unpaired) electrons. The lowest BCUT2D eigenvalue weighted by Crippen LogP contribution is -2.35. The molecule has 0 spiro atoms. The van der Waals surface area contributed by atoms with Crippen LogP contribution in [0.3, 0.4) is 0 Å². The van der Waals surface area contributed by atoms with E-state index in [9.17, 15) is 4.79 Å². The smallest absolute Gasteiger partial charge is 0.317 e. The third kappa shape index (κ3) is 5.60. The number of rotatable bonds is 2. The van der Waals surface area contributed by atoms with Gasteiger partial charge in [-0.3, -0.25) is 4.90 Å². The lowest BCUT2D eigenvalue weighted by Gasteiger charge is -2.16. The predicted octanol–water partition coefficient (Wildman–Crippen LogP) is 1.14. The lowest BCUT2D eigenvalue weighted by atomic mass is 10.2. The van der Waals surface area contributed by atoms with Gasteiger partial charge in [0, 0.05) is 14.1 Å². The topological polar surface area (TPSA) is 35.6 Å². The minimum atomic E-state index is -0.0888. The molecule has 1 saturated heterocycles. The molecule has 1 fully saturated rings. The highest BCUT2D eigenvalue weighted by atomic mass is 16.2. The van der Waals surface area contributed by atoms with E-state index < -0.39 is 0 Å². The summed E-state index contributed by atoms with van der Waals surface area (Å²) in [7, 11) is 3.38. The van der Waals surface area contributed by atoms with Gasteiger partial charge in [-0.1, -0.05) is 24.7 Å². The molecule has 0 saturated carbocycles. The standard InChI is InChI=1S/C13H23N3O/c1-14-13(17)15(2)9-7-8-12-16-10-5-3-4-6-11-16/h3-6,9-12H2,1-2H3,(H,14,17). The number of hydrogen-bond donors (Lipinski definition) is 1. The Balaban J connectivity index is 2.23. The molecule has 1 rings (SSSR count). The van der Waals surface area contributed by atoms with Crippen molar-refractivity contribution >= 4 is 6.03 Å². The first-order valence-corrected chi connectivity index (χ1v) is 6.35. The number of nitrogens with zero attached hydrogens (tertiary/aromatic N) is 2. The maximum atomic E-state index is 11.2. The van der Waals surface area contributed by atoms with Gasteiger partial charge in [-0.2, -0.15) is 0 Å². The van der Waals surface area contributed by atoms with Crippen molar-refractivity contribution in [2.45, 2.75) is 25.7 Å². The summed E-state index contributed by atoms with van der Waals surface area (Å²) in [5.41, 5.74) is 0. The van der Waals surface area contributed by atoms with E-state index in [-0.39, 0.29) is 6.03 Å².